The molecular weight excluding hydrogens is 340 g/mol. The van der Waals surface area contributed by atoms with Crippen LogP contribution in [0.3, 0.4) is 0 Å². The molecule has 0 atom stereocenters. The van der Waals surface area contributed by atoms with Crippen molar-refractivity contribution in [3.63, 3.8) is 0 Å². The molecule has 26 heavy (non-hydrogen) atoms. The fourth-order valence-electron chi connectivity index (χ4n) is 3.31. The van der Waals surface area contributed by atoms with Crippen molar-refractivity contribution in [2.45, 2.75) is 77.4 Å². The number of ether oxygens (including phenoxy) is 1. The highest BCUT2D eigenvalue weighted by Gasteiger charge is 2.37. The van der Waals surface area contributed by atoms with Gasteiger partial charge in [-0.1, -0.05) is 32.9 Å². The van der Waals surface area contributed by atoms with Crippen molar-refractivity contribution in [3.8, 4) is 0 Å². The highest BCUT2D eigenvalue weighted by molar-refractivity contribution is 6.74. The van der Waals surface area contributed by atoms with E-state index in [0.717, 1.165) is 6.61 Å². The number of carbonyl (C=O) groups excluding carboxylic acids is 1. The van der Waals surface area contributed by atoms with Crippen LogP contribution < -0.4 is 0 Å². The van der Waals surface area contributed by atoms with Gasteiger partial charge in [0.15, 0.2) is 8.32 Å². The first-order valence-corrected chi connectivity index (χ1v) is 13.0. The van der Waals surface area contributed by atoms with E-state index in [4.69, 9.17) is 9.16 Å². The Balaban J connectivity index is 1.84. The second-order valence-electron chi connectivity index (χ2n) is 9.13. The second-order valence-corrected chi connectivity index (χ2v) is 13.9. The van der Waals surface area contributed by atoms with E-state index < -0.39 is 8.32 Å². The Bertz CT molecular complexity index is 578. The lowest BCUT2D eigenvalue weighted by atomic mass is 9.79. The van der Waals surface area contributed by atoms with E-state index in [1.165, 1.54) is 31.2 Å². The summed E-state index contributed by atoms with van der Waals surface area (Å²) in [6, 6.07) is 8.01. The van der Waals surface area contributed by atoms with E-state index in [2.05, 4.69) is 46.0 Å². The molecule has 1 aromatic rings. The zero-order chi connectivity index (χ0) is 19.4. The van der Waals surface area contributed by atoms with Crippen molar-refractivity contribution in [1.82, 2.24) is 0 Å². The van der Waals surface area contributed by atoms with Gasteiger partial charge in [0.05, 0.1) is 12.2 Å². The maximum Gasteiger partial charge on any atom is 0.338 e. The molecule has 4 heteroatoms. The summed E-state index contributed by atoms with van der Waals surface area (Å²) in [5.74, 6) is 1.07. The van der Waals surface area contributed by atoms with Crippen LogP contribution in [-0.4, -0.2) is 27.5 Å². The molecule has 0 spiro atoms. The summed E-state index contributed by atoms with van der Waals surface area (Å²) >= 11 is 0. The topological polar surface area (TPSA) is 35.5 Å². The van der Waals surface area contributed by atoms with E-state index in [1.54, 1.807) is 0 Å². The molecule has 0 aromatic heterocycles. The van der Waals surface area contributed by atoms with Gasteiger partial charge in [0.25, 0.3) is 0 Å². The highest BCUT2D eigenvalue weighted by atomic mass is 28.4. The van der Waals surface area contributed by atoms with Crippen LogP contribution in [0.5, 0.6) is 0 Å². The van der Waals surface area contributed by atoms with Gasteiger partial charge in [-0.2, -0.15) is 0 Å². The van der Waals surface area contributed by atoms with Gasteiger partial charge in [-0.3, -0.25) is 0 Å². The zero-order valence-electron chi connectivity index (χ0n) is 17.4. The number of carbonyl (C=O) groups is 1. The molecule has 3 nitrogen and oxygen atoms in total. The monoisotopic (exact) mass is 376 g/mol. The summed E-state index contributed by atoms with van der Waals surface area (Å²) in [5.41, 5.74) is 1.99. The summed E-state index contributed by atoms with van der Waals surface area (Å²) in [6.07, 6.45) is 4.90. The first-order chi connectivity index (χ1) is 12.1. The summed E-state index contributed by atoms with van der Waals surface area (Å²) in [7, 11) is -1.64. The number of hydrogen-bond acceptors (Lipinski definition) is 3. The van der Waals surface area contributed by atoms with Crippen LogP contribution in [0, 0.1) is 5.92 Å². The lowest BCUT2D eigenvalue weighted by Crippen LogP contribution is -2.42. The van der Waals surface area contributed by atoms with Gasteiger partial charge in [-0.25, -0.2) is 4.79 Å². The lowest BCUT2D eigenvalue weighted by molar-refractivity contribution is 0.0526. The third-order valence-electron chi connectivity index (χ3n) is 6.23. The molecule has 0 heterocycles. The molecule has 0 saturated heterocycles. The molecule has 0 N–H and O–H groups in total. The molecule has 0 bridgehead atoms. The summed E-state index contributed by atoms with van der Waals surface area (Å²) < 4.78 is 11.5. The highest BCUT2D eigenvalue weighted by Crippen LogP contribution is 2.39. The Kier molecular flexibility index (Phi) is 7.09. The van der Waals surface area contributed by atoms with Crippen LogP contribution >= 0.6 is 0 Å². The van der Waals surface area contributed by atoms with Crippen LogP contribution in [0.4, 0.5) is 0 Å². The largest absolute Gasteiger partial charge is 0.462 e. The SMILES string of the molecule is CCOC(=O)c1ccc(C2CCC(CO[Si](C)(C)C(C)(C)C)CC2)cc1. The predicted molar refractivity (Wildman–Crippen MR) is 110 cm³/mol. The van der Waals surface area contributed by atoms with E-state index in [0.29, 0.717) is 24.0 Å². The van der Waals surface area contributed by atoms with Crippen LogP contribution in [0.25, 0.3) is 0 Å². The molecule has 0 amide bonds. The minimum absolute atomic E-state index is 0.231. The molecule has 1 aliphatic rings. The molecule has 1 aliphatic carbocycles. The summed E-state index contributed by atoms with van der Waals surface area (Å²) in [4.78, 5) is 11.8. The fraction of sp³-hybridized carbons (Fsp3) is 0.682. The van der Waals surface area contributed by atoms with Gasteiger partial charge in [-0.05, 0) is 80.3 Å². The maximum atomic E-state index is 11.8. The Hall–Kier alpha value is -1.13. The zero-order valence-corrected chi connectivity index (χ0v) is 18.4. The number of esters is 1. The lowest BCUT2D eigenvalue weighted by Gasteiger charge is -2.38. The number of hydrogen-bond donors (Lipinski definition) is 0. The van der Waals surface area contributed by atoms with Crippen molar-refractivity contribution in [2.75, 3.05) is 13.2 Å². The van der Waals surface area contributed by atoms with Crippen molar-refractivity contribution in [1.29, 1.82) is 0 Å². The van der Waals surface area contributed by atoms with Gasteiger partial charge < -0.3 is 9.16 Å². The standard InChI is InChI=1S/C22H36O3Si/c1-7-24-21(23)20-14-12-19(13-15-20)18-10-8-17(9-11-18)16-25-26(5,6)22(2,3)4/h12-15,17-18H,7-11,16H2,1-6H3. The normalized spacial score (nSPS) is 21.5. The smallest absolute Gasteiger partial charge is 0.338 e. The average Bonchev–Trinajstić information content (AvgIpc) is 2.60. The van der Waals surface area contributed by atoms with Gasteiger partial charge >= 0.3 is 5.97 Å². The fourth-order valence-corrected chi connectivity index (χ4v) is 4.40. The van der Waals surface area contributed by atoms with Crippen molar-refractivity contribution < 1.29 is 14.0 Å². The van der Waals surface area contributed by atoms with Gasteiger partial charge in [-0.15, -0.1) is 0 Å². The van der Waals surface area contributed by atoms with Gasteiger partial charge in [0, 0.05) is 6.61 Å². The van der Waals surface area contributed by atoms with Gasteiger partial charge in [0.2, 0.25) is 0 Å². The van der Waals surface area contributed by atoms with E-state index in [1.807, 2.05) is 19.1 Å². The van der Waals surface area contributed by atoms with Crippen LogP contribution in [0.1, 0.15) is 75.2 Å². The maximum absolute atomic E-state index is 11.8. The summed E-state index contributed by atoms with van der Waals surface area (Å²) in [5, 5.41) is 0.283. The van der Waals surface area contributed by atoms with E-state index in [-0.39, 0.29) is 11.0 Å². The molecule has 1 saturated carbocycles. The number of rotatable bonds is 6. The third-order valence-corrected chi connectivity index (χ3v) is 10.7. The molecule has 2 rings (SSSR count). The van der Waals surface area contributed by atoms with Crippen LogP contribution in [0.2, 0.25) is 18.1 Å². The Labute approximate surface area is 160 Å². The molecule has 1 aromatic carbocycles. The Morgan fingerprint density at radius 2 is 1.65 bits per heavy atom. The third kappa shape index (κ3) is 5.43. The first kappa shape index (κ1) is 21.2. The molecular formula is C22H36O3Si. The predicted octanol–water partition coefficient (Wildman–Crippen LogP) is 6.16. The van der Waals surface area contributed by atoms with Crippen molar-refractivity contribution in [2.24, 2.45) is 5.92 Å². The van der Waals surface area contributed by atoms with Crippen molar-refractivity contribution in [3.05, 3.63) is 35.4 Å². The van der Waals surface area contributed by atoms with Gasteiger partial charge in [0.1, 0.15) is 0 Å². The van der Waals surface area contributed by atoms with Crippen LogP contribution in [0.15, 0.2) is 24.3 Å². The van der Waals surface area contributed by atoms with Crippen molar-refractivity contribution >= 4 is 14.3 Å². The van der Waals surface area contributed by atoms with E-state index in [9.17, 15) is 4.79 Å². The molecule has 0 radical (unpaired) electrons. The Morgan fingerprint density at radius 1 is 1.08 bits per heavy atom. The summed E-state index contributed by atoms with van der Waals surface area (Å²) in [6.45, 7) is 14.8. The number of benzene rings is 1. The molecule has 0 aliphatic heterocycles. The molecule has 0 unspecified atom stereocenters. The Morgan fingerprint density at radius 3 is 2.15 bits per heavy atom. The minimum atomic E-state index is -1.64. The van der Waals surface area contributed by atoms with E-state index >= 15 is 0 Å². The molecule has 1 fully saturated rings. The first-order valence-electron chi connectivity index (χ1n) is 10.0. The quantitative estimate of drug-likeness (QED) is 0.440. The average molecular weight is 377 g/mol. The minimum Gasteiger partial charge on any atom is -0.462 e. The second kappa shape index (κ2) is 8.70. The van der Waals surface area contributed by atoms with Crippen LogP contribution in [-0.2, 0) is 9.16 Å². The molecule has 146 valence electrons.